The van der Waals surface area contributed by atoms with Crippen molar-refractivity contribution < 1.29 is 9.18 Å². The Bertz CT molecular complexity index is 493. The van der Waals surface area contributed by atoms with Crippen LogP contribution in [0.4, 0.5) is 4.39 Å². The molecule has 1 aromatic carbocycles. The van der Waals surface area contributed by atoms with Gasteiger partial charge in [0.05, 0.1) is 6.54 Å². The molecule has 2 fully saturated rings. The summed E-state index contributed by atoms with van der Waals surface area (Å²) in [6.07, 6.45) is 0.787. The third-order valence-corrected chi connectivity index (χ3v) is 3.94. The summed E-state index contributed by atoms with van der Waals surface area (Å²) in [4.78, 5) is 16.2. The van der Waals surface area contributed by atoms with Gasteiger partial charge < -0.3 is 9.80 Å². The van der Waals surface area contributed by atoms with E-state index in [2.05, 4.69) is 17.3 Å². The van der Waals surface area contributed by atoms with Gasteiger partial charge in [0.1, 0.15) is 12.0 Å². The fourth-order valence-electron chi connectivity index (χ4n) is 3.03. The van der Waals surface area contributed by atoms with Crippen LogP contribution in [0.2, 0.25) is 0 Å². The first-order valence-electron chi connectivity index (χ1n) is 6.64. The van der Waals surface area contributed by atoms with Gasteiger partial charge in [0.15, 0.2) is 0 Å². The van der Waals surface area contributed by atoms with Gasteiger partial charge in [0.25, 0.3) is 0 Å². The number of halogens is 1. The minimum absolute atomic E-state index is 0.106. The molecule has 102 valence electrons. The topological polar surface area (TPSA) is 35.6 Å². The summed E-state index contributed by atoms with van der Waals surface area (Å²) in [6.45, 7) is 2.23. The lowest BCUT2D eigenvalue weighted by Crippen LogP contribution is -2.41. The second-order valence-electron chi connectivity index (χ2n) is 5.34. The van der Waals surface area contributed by atoms with Gasteiger partial charge in [0, 0.05) is 12.6 Å². The second-order valence-corrected chi connectivity index (χ2v) is 5.34. The van der Waals surface area contributed by atoms with Crippen molar-refractivity contribution in [1.29, 1.82) is 0 Å². The summed E-state index contributed by atoms with van der Waals surface area (Å²) >= 11 is 0. The van der Waals surface area contributed by atoms with Crippen LogP contribution < -0.4 is 5.32 Å². The van der Waals surface area contributed by atoms with Gasteiger partial charge in [-0.25, -0.2) is 4.39 Å². The van der Waals surface area contributed by atoms with Gasteiger partial charge in [-0.05, 0) is 37.7 Å². The van der Waals surface area contributed by atoms with Gasteiger partial charge in [0.2, 0.25) is 5.91 Å². The molecule has 0 saturated carbocycles. The standard InChI is InChI=1S/C14H18FN3O/c1-17-6-5-12(9-17)18-13(19)8-16-14(18)10-3-2-4-11(15)7-10/h2-4,7,12,14,16H,5-6,8-9H2,1H3. The van der Waals surface area contributed by atoms with Crippen LogP contribution in [0.1, 0.15) is 18.2 Å². The van der Waals surface area contributed by atoms with Crippen molar-refractivity contribution in [3.8, 4) is 0 Å². The van der Waals surface area contributed by atoms with E-state index in [1.807, 2.05) is 11.0 Å². The van der Waals surface area contributed by atoms with Crippen LogP contribution in [0.25, 0.3) is 0 Å². The quantitative estimate of drug-likeness (QED) is 0.863. The predicted molar refractivity (Wildman–Crippen MR) is 69.9 cm³/mol. The van der Waals surface area contributed by atoms with Crippen molar-refractivity contribution in [2.45, 2.75) is 18.6 Å². The fourth-order valence-corrected chi connectivity index (χ4v) is 3.03. The van der Waals surface area contributed by atoms with E-state index in [0.29, 0.717) is 6.54 Å². The molecule has 2 heterocycles. The largest absolute Gasteiger partial charge is 0.317 e. The van der Waals surface area contributed by atoms with Crippen molar-refractivity contribution in [3.63, 3.8) is 0 Å². The Morgan fingerprint density at radius 1 is 1.42 bits per heavy atom. The lowest BCUT2D eigenvalue weighted by molar-refractivity contribution is -0.130. The number of carbonyl (C=O) groups is 1. The predicted octanol–water partition coefficient (Wildman–Crippen LogP) is 0.960. The molecule has 1 amide bonds. The average Bonchev–Trinajstić information content (AvgIpc) is 2.95. The highest BCUT2D eigenvalue weighted by atomic mass is 19.1. The molecule has 0 bridgehead atoms. The van der Waals surface area contributed by atoms with Crippen molar-refractivity contribution in [2.24, 2.45) is 0 Å². The number of nitrogens with one attached hydrogen (secondary N) is 1. The lowest BCUT2D eigenvalue weighted by atomic mass is 10.1. The average molecular weight is 263 g/mol. The van der Waals surface area contributed by atoms with Crippen molar-refractivity contribution in [2.75, 3.05) is 26.7 Å². The molecule has 0 aliphatic carbocycles. The Balaban J connectivity index is 1.86. The molecule has 0 spiro atoms. The number of likely N-dealkylation sites (tertiary alicyclic amines) is 1. The Kier molecular flexibility index (Phi) is 3.24. The summed E-state index contributed by atoms with van der Waals surface area (Å²) in [6, 6.07) is 6.70. The third kappa shape index (κ3) is 2.35. The molecule has 1 N–H and O–H groups in total. The lowest BCUT2D eigenvalue weighted by Gasteiger charge is -2.30. The van der Waals surface area contributed by atoms with Crippen molar-refractivity contribution >= 4 is 5.91 Å². The third-order valence-electron chi connectivity index (χ3n) is 3.94. The van der Waals surface area contributed by atoms with E-state index < -0.39 is 0 Å². The number of rotatable bonds is 2. The molecule has 3 rings (SSSR count). The van der Waals surface area contributed by atoms with E-state index in [4.69, 9.17) is 0 Å². The molecule has 2 aliphatic heterocycles. The summed E-state index contributed by atoms with van der Waals surface area (Å²) in [7, 11) is 2.06. The summed E-state index contributed by atoms with van der Waals surface area (Å²) < 4.78 is 13.3. The highest BCUT2D eigenvalue weighted by Gasteiger charge is 2.38. The van der Waals surface area contributed by atoms with E-state index in [9.17, 15) is 9.18 Å². The number of hydrogen-bond donors (Lipinski definition) is 1. The monoisotopic (exact) mass is 263 g/mol. The first kappa shape index (κ1) is 12.6. The Morgan fingerprint density at radius 2 is 2.26 bits per heavy atom. The molecular weight excluding hydrogens is 245 g/mol. The van der Waals surface area contributed by atoms with Crippen LogP contribution in [0.3, 0.4) is 0 Å². The van der Waals surface area contributed by atoms with Crippen molar-refractivity contribution in [3.05, 3.63) is 35.6 Å². The SMILES string of the molecule is CN1CCC(N2C(=O)CNC2c2cccc(F)c2)C1. The Labute approximate surface area is 112 Å². The molecule has 0 radical (unpaired) electrons. The summed E-state index contributed by atoms with van der Waals surface area (Å²) in [5.41, 5.74) is 0.820. The van der Waals surface area contributed by atoms with E-state index in [1.165, 1.54) is 12.1 Å². The van der Waals surface area contributed by atoms with Gasteiger partial charge in [-0.2, -0.15) is 0 Å². The maximum absolute atomic E-state index is 13.3. The second kappa shape index (κ2) is 4.90. The smallest absolute Gasteiger partial charge is 0.238 e. The van der Waals surface area contributed by atoms with Gasteiger partial charge in [-0.1, -0.05) is 12.1 Å². The first-order valence-corrected chi connectivity index (χ1v) is 6.64. The fraction of sp³-hybridized carbons (Fsp3) is 0.500. The number of nitrogens with zero attached hydrogens (tertiary/aromatic N) is 2. The number of amides is 1. The van der Waals surface area contributed by atoms with Crippen LogP contribution in [-0.4, -0.2) is 48.4 Å². The van der Waals surface area contributed by atoms with Crippen LogP contribution in [0.15, 0.2) is 24.3 Å². The summed E-state index contributed by atoms with van der Waals surface area (Å²) in [5.74, 6) is -0.156. The Hall–Kier alpha value is -1.46. The number of hydrogen-bond acceptors (Lipinski definition) is 3. The molecule has 5 heteroatoms. The van der Waals surface area contributed by atoms with E-state index in [-0.39, 0.29) is 23.9 Å². The van der Waals surface area contributed by atoms with Crippen LogP contribution in [-0.2, 0) is 4.79 Å². The molecule has 4 nitrogen and oxygen atoms in total. The molecular formula is C14H18FN3O. The zero-order valence-electron chi connectivity index (χ0n) is 11.0. The van der Waals surface area contributed by atoms with Gasteiger partial charge in [-0.3, -0.25) is 10.1 Å². The first-order chi connectivity index (χ1) is 9.15. The van der Waals surface area contributed by atoms with Gasteiger partial charge >= 0.3 is 0 Å². The molecule has 1 aromatic rings. The normalized spacial score (nSPS) is 28.3. The molecule has 19 heavy (non-hydrogen) atoms. The molecule has 2 aliphatic rings. The minimum atomic E-state index is -0.262. The maximum Gasteiger partial charge on any atom is 0.238 e. The van der Waals surface area contributed by atoms with Gasteiger partial charge in [-0.15, -0.1) is 0 Å². The van der Waals surface area contributed by atoms with Crippen molar-refractivity contribution in [1.82, 2.24) is 15.1 Å². The minimum Gasteiger partial charge on any atom is -0.317 e. The molecule has 0 aromatic heterocycles. The van der Waals surface area contributed by atoms with E-state index in [1.54, 1.807) is 6.07 Å². The number of likely N-dealkylation sites (N-methyl/N-ethyl adjacent to an activating group) is 1. The number of carbonyl (C=O) groups excluding carboxylic acids is 1. The van der Waals surface area contributed by atoms with Crippen LogP contribution in [0, 0.1) is 5.82 Å². The van der Waals surface area contributed by atoms with Crippen LogP contribution >= 0.6 is 0 Å². The number of benzene rings is 1. The van der Waals surface area contributed by atoms with E-state index >= 15 is 0 Å². The zero-order chi connectivity index (χ0) is 13.4. The maximum atomic E-state index is 13.3. The zero-order valence-corrected chi connectivity index (χ0v) is 11.0. The van der Waals surface area contributed by atoms with Crippen LogP contribution in [0.5, 0.6) is 0 Å². The molecule has 2 unspecified atom stereocenters. The highest BCUT2D eigenvalue weighted by molar-refractivity contribution is 5.81. The Morgan fingerprint density at radius 3 is 2.95 bits per heavy atom. The van der Waals surface area contributed by atoms with E-state index in [0.717, 1.165) is 25.1 Å². The molecule has 2 atom stereocenters. The summed E-state index contributed by atoms with van der Waals surface area (Å²) in [5, 5.41) is 3.18. The highest BCUT2D eigenvalue weighted by Crippen LogP contribution is 2.28. The molecule has 2 saturated heterocycles.